The van der Waals surface area contributed by atoms with Gasteiger partial charge < -0.3 is 45.9 Å². The van der Waals surface area contributed by atoms with Crippen molar-refractivity contribution < 1.29 is 43.7 Å². The normalized spacial score (nSPS) is 20.2. The van der Waals surface area contributed by atoms with E-state index < -0.39 is 47.3 Å². The summed E-state index contributed by atoms with van der Waals surface area (Å²) in [6.45, 7) is 14.5. The Hall–Kier alpha value is -5.69. The van der Waals surface area contributed by atoms with E-state index in [1.54, 1.807) is 63.2 Å². The number of benzene rings is 3. The molecule has 64 heavy (non-hydrogen) atoms. The van der Waals surface area contributed by atoms with E-state index >= 15 is 0 Å². The van der Waals surface area contributed by atoms with Gasteiger partial charge in [-0.15, -0.1) is 0 Å². The maximum atomic E-state index is 13.8. The molecule has 3 aromatic carbocycles. The first kappa shape index (κ1) is 49.3. The molecule has 2 fully saturated rings. The number of hydrogen-bond acceptors (Lipinski definition) is 10. The molecule has 0 spiro atoms. The van der Waals surface area contributed by atoms with Gasteiger partial charge in [-0.05, 0) is 78.8 Å². The van der Waals surface area contributed by atoms with Gasteiger partial charge in [0, 0.05) is 66.9 Å². The van der Waals surface area contributed by atoms with Gasteiger partial charge in [-0.1, -0.05) is 72.2 Å². The number of ether oxygens (including phenoxy) is 2. The van der Waals surface area contributed by atoms with Crippen molar-refractivity contribution in [3.8, 4) is 11.8 Å². The fourth-order valence-corrected chi connectivity index (χ4v) is 9.06. The van der Waals surface area contributed by atoms with Crippen molar-refractivity contribution >= 4 is 46.9 Å². The predicted octanol–water partition coefficient (Wildman–Crippen LogP) is 5.93. The van der Waals surface area contributed by atoms with E-state index in [0.29, 0.717) is 47.0 Å². The average molecular weight is 902 g/mol. The minimum Gasteiger partial charge on any atom is -0.489 e. The summed E-state index contributed by atoms with van der Waals surface area (Å²) in [5.41, 5.74) is 1.11. The van der Waals surface area contributed by atoms with E-state index in [2.05, 4.69) is 55.0 Å². The molecule has 0 bridgehead atoms. The maximum Gasteiger partial charge on any atom is 0.335 e. The lowest BCUT2D eigenvalue weighted by Gasteiger charge is -2.63. The zero-order chi connectivity index (χ0) is 47.0. The monoisotopic (exact) mass is 900 g/mol. The Balaban J connectivity index is 0.992. The number of β-amino-alcohol motifs (C(OH)–C–C–N with tert-alkyl or cyclic N) is 1. The number of halogens is 1. The molecule has 0 radical (unpaired) electrons. The van der Waals surface area contributed by atoms with Crippen LogP contribution in [0.4, 0.5) is 5.69 Å². The van der Waals surface area contributed by atoms with Gasteiger partial charge in [-0.2, -0.15) is 5.26 Å². The Morgan fingerprint density at radius 1 is 0.938 bits per heavy atom. The van der Waals surface area contributed by atoms with Gasteiger partial charge >= 0.3 is 5.97 Å². The SMILES string of the molecule is CC(C)(C)C(NC(=O)COCCCCCNc1ccc(C(=O)NC2C(C)(C)C(Oc3ccc(C#N)c(Cl)c3)C2(C)C)cc1)C(=O)N1C[C@H](O)C[C@H]1C(=O)NCc1ccc(C(=O)O)cc1. The van der Waals surface area contributed by atoms with Crippen LogP contribution in [0.25, 0.3) is 0 Å². The number of aliphatic hydroxyl groups is 1. The first-order valence-corrected chi connectivity index (χ1v) is 22.0. The summed E-state index contributed by atoms with van der Waals surface area (Å²) in [6.07, 6.45) is 1.31. The number of aromatic carboxylic acids is 1. The van der Waals surface area contributed by atoms with Gasteiger partial charge in [0.2, 0.25) is 17.7 Å². The van der Waals surface area contributed by atoms with Gasteiger partial charge in [0.15, 0.2) is 0 Å². The van der Waals surface area contributed by atoms with Crippen LogP contribution in [-0.4, -0.2) is 101 Å². The summed E-state index contributed by atoms with van der Waals surface area (Å²) in [4.78, 5) is 65.8. The fraction of sp³-hybridized carbons (Fsp3) is 0.500. The van der Waals surface area contributed by atoms with Crippen molar-refractivity contribution in [3.05, 3.63) is 94.0 Å². The van der Waals surface area contributed by atoms with E-state index in [1.807, 2.05) is 12.1 Å². The van der Waals surface area contributed by atoms with Crippen molar-refractivity contribution in [1.82, 2.24) is 20.9 Å². The number of carbonyl (C=O) groups excluding carboxylic acids is 4. The highest BCUT2D eigenvalue weighted by Gasteiger charge is 2.64. The topological polar surface area (TPSA) is 219 Å². The third kappa shape index (κ3) is 12.1. The zero-order valence-electron chi connectivity index (χ0n) is 37.6. The molecule has 344 valence electrons. The van der Waals surface area contributed by atoms with E-state index in [-0.39, 0.29) is 60.6 Å². The number of carboxylic acid groups (broad SMARTS) is 1. The zero-order valence-corrected chi connectivity index (χ0v) is 38.4. The largest absolute Gasteiger partial charge is 0.489 e. The summed E-state index contributed by atoms with van der Waals surface area (Å²) in [6, 6.07) is 18.4. The number of carbonyl (C=O) groups is 5. The third-order valence-corrected chi connectivity index (χ3v) is 12.4. The molecule has 15 nitrogen and oxygen atoms in total. The van der Waals surface area contributed by atoms with Gasteiger partial charge in [0.25, 0.3) is 5.91 Å². The van der Waals surface area contributed by atoms with Crippen LogP contribution in [0.15, 0.2) is 66.7 Å². The minimum atomic E-state index is -1.06. The number of rotatable bonds is 19. The van der Waals surface area contributed by atoms with Crippen LogP contribution in [0.5, 0.6) is 5.75 Å². The molecule has 3 atom stereocenters. The quantitative estimate of drug-likeness (QED) is 0.0775. The maximum absolute atomic E-state index is 13.8. The third-order valence-electron chi connectivity index (χ3n) is 12.1. The number of carboxylic acids is 1. The number of nitrogens with zero attached hydrogens (tertiary/aromatic N) is 2. The fourth-order valence-electron chi connectivity index (χ4n) is 8.85. The molecule has 16 heteroatoms. The highest BCUT2D eigenvalue weighted by Crippen LogP contribution is 2.55. The number of anilines is 1. The summed E-state index contributed by atoms with van der Waals surface area (Å²) in [5, 5.41) is 41.3. The molecule has 3 aromatic rings. The van der Waals surface area contributed by atoms with Gasteiger partial charge in [0.05, 0.1) is 22.3 Å². The number of nitrogens with one attached hydrogen (secondary N) is 4. The number of unbranched alkanes of at least 4 members (excludes halogenated alkanes) is 2. The van der Waals surface area contributed by atoms with Crippen molar-refractivity contribution in [3.63, 3.8) is 0 Å². The molecule has 1 aliphatic carbocycles. The van der Waals surface area contributed by atoms with Crippen LogP contribution in [0.3, 0.4) is 0 Å². The smallest absolute Gasteiger partial charge is 0.335 e. The Kier molecular flexibility index (Phi) is 16.1. The average Bonchev–Trinajstić information content (AvgIpc) is 3.65. The Labute approximate surface area is 380 Å². The van der Waals surface area contributed by atoms with E-state index in [9.17, 15) is 34.3 Å². The molecular formula is C48H61ClN6O9. The summed E-state index contributed by atoms with van der Waals surface area (Å²) < 4.78 is 12.0. The Bertz CT molecular complexity index is 2180. The summed E-state index contributed by atoms with van der Waals surface area (Å²) >= 11 is 6.23. The van der Waals surface area contributed by atoms with Crippen molar-refractivity contribution in [1.29, 1.82) is 5.26 Å². The molecule has 4 amide bonds. The number of nitriles is 1. The van der Waals surface area contributed by atoms with Crippen LogP contribution in [0, 0.1) is 27.6 Å². The summed E-state index contributed by atoms with van der Waals surface area (Å²) in [5.74, 6) is -2.07. The molecule has 6 N–H and O–H groups in total. The van der Waals surface area contributed by atoms with Crippen LogP contribution in [0.1, 0.15) is 106 Å². The van der Waals surface area contributed by atoms with E-state index in [1.165, 1.54) is 17.0 Å². The highest BCUT2D eigenvalue weighted by atomic mass is 35.5. The molecular weight excluding hydrogens is 840 g/mol. The Morgan fingerprint density at radius 3 is 2.20 bits per heavy atom. The molecule has 0 aromatic heterocycles. The number of likely N-dealkylation sites (tertiary alicyclic amines) is 1. The van der Waals surface area contributed by atoms with Crippen molar-refractivity contribution in [2.75, 3.05) is 31.6 Å². The van der Waals surface area contributed by atoms with Crippen molar-refractivity contribution in [2.24, 2.45) is 16.2 Å². The molecule has 1 unspecified atom stereocenters. The van der Waals surface area contributed by atoms with Crippen LogP contribution in [-0.2, 0) is 25.7 Å². The minimum absolute atomic E-state index is 0.0428. The van der Waals surface area contributed by atoms with E-state index in [0.717, 1.165) is 18.5 Å². The molecule has 1 aliphatic heterocycles. The van der Waals surface area contributed by atoms with Gasteiger partial charge in [-0.25, -0.2) is 4.79 Å². The molecule has 2 aliphatic rings. The van der Waals surface area contributed by atoms with Gasteiger partial charge in [0.1, 0.15) is 36.6 Å². The first-order chi connectivity index (χ1) is 30.1. The molecule has 1 saturated carbocycles. The van der Waals surface area contributed by atoms with E-state index in [4.69, 9.17) is 26.2 Å². The lowest BCUT2D eigenvalue weighted by Crippen LogP contribution is -2.74. The lowest BCUT2D eigenvalue weighted by molar-refractivity contribution is -0.164. The second-order valence-electron chi connectivity index (χ2n) is 18.9. The summed E-state index contributed by atoms with van der Waals surface area (Å²) in [7, 11) is 0. The lowest BCUT2D eigenvalue weighted by atomic mass is 9.49. The molecule has 1 saturated heterocycles. The van der Waals surface area contributed by atoms with Crippen LogP contribution in [0.2, 0.25) is 5.02 Å². The second kappa shape index (κ2) is 20.9. The number of amides is 4. The van der Waals surface area contributed by atoms with Crippen LogP contribution >= 0.6 is 11.6 Å². The predicted molar refractivity (Wildman–Crippen MR) is 242 cm³/mol. The first-order valence-electron chi connectivity index (χ1n) is 21.6. The molecule has 5 rings (SSSR count). The Morgan fingerprint density at radius 2 is 1.59 bits per heavy atom. The standard InChI is InChI=1S/C48H61ClN6O9/c1-46(2,3)39(42(60)55-27-34(56)23-37(55)41(59)52-26-29-11-13-31(14-12-29)43(61)62)53-38(57)28-63-22-10-8-9-21-51-33-18-15-30(16-19-33)40(58)54-44-47(4,5)45(48(44,6)7)64-35-20-17-32(25-50)36(49)24-35/h11-20,24,34,37,39,44-45,51,56H,8-10,21-23,26-28H2,1-7H3,(H,52,59)(H,53,57)(H,54,58)(H,61,62)/t34-,37+,39?,44?,45?/m1/s1. The molecule has 1 heterocycles. The van der Waals surface area contributed by atoms with Crippen LogP contribution < -0.4 is 26.0 Å². The number of hydrogen-bond donors (Lipinski definition) is 6. The van der Waals surface area contributed by atoms with Gasteiger partial charge in [-0.3, -0.25) is 19.2 Å². The number of aliphatic hydroxyl groups excluding tert-OH is 1. The highest BCUT2D eigenvalue weighted by molar-refractivity contribution is 6.31. The second-order valence-corrected chi connectivity index (χ2v) is 19.3. The van der Waals surface area contributed by atoms with Crippen molar-refractivity contribution in [2.45, 2.75) is 111 Å².